The van der Waals surface area contributed by atoms with E-state index in [1.54, 1.807) is 6.20 Å². The van der Waals surface area contributed by atoms with Crippen molar-refractivity contribution in [2.45, 2.75) is 37.8 Å². The summed E-state index contributed by atoms with van der Waals surface area (Å²) >= 11 is 0. The molecule has 0 aliphatic heterocycles. The average molecular weight is 457 g/mol. The first-order chi connectivity index (χ1) is 15.0. The fourth-order valence-corrected chi connectivity index (χ4v) is 4.55. The molecule has 2 aromatic carbocycles. The Morgan fingerprint density at radius 1 is 1.03 bits per heavy atom. The van der Waals surface area contributed by atoms with Crippen LogP contribution in [0, 0.1) is 5.92 Å². The molecule has 1 aliphatic rings. The number of hydrogen-bond acceptors (Lipinski definition) is 4. The SMILES string of the molecule is C[N+](C)(CCOc1ccccc1)Cc1cnc(C(O)(c2ccccc2)C2CCCC2)o1.[Cl-]. The van der Waals surface area contributed by atoms with Crippen LogP contribution in [0.1, 0.15) is 42.9 Å². The molecule has 1 unspecified atom stereocenters. The lowest BCUT2D eigenvalue weighted by molar-refractivity contribution is -0.904. The molecule has 5 nitrogen and oxygen atoms in total. The number of aromatic nitrogens is 1. The molecule has 3 aromatic rings. The van der Waals surface area contributed by atoms with Crippen molar-refractivity contribution in [3.63, 3.8) is 0 Å². The molecule has 1 heterocycles. The quantitative estimate of drug-likeness (QED) is 0.498. The Bertz CT molecular complexity index is 955. The van der Waals surface area contributed by atoms with Crippen LogP contribution in [-0.4, -0.2) is 41.8 Å². The monoisotopic (exact) mass is 456 g/mol. The smallest absolute Gasteiger partial charge is 0.231 e. The second-order valence-corrected chi connectivity index (χ2v) is 9.22. The average Bonchev–Trinajstić information content (AvgIpc) is 3.47. The minimum Gasteiger partial charge on any atom is -1.00 e. The second-order valence-electron chi connectivity index (χ2n) is 9.22. The minimum atomic E-state index is -1.18. The van der Waals surface area contributed by atoms with Gasteiger partial charge in [0.25, 0.3) is 0 Å². The van der Waals surface area contributed by atoms with Gasteiger partial charge in [0.2, 0.25) is 5.89 Å². The molecular weight excluding hydrogens is 424 g/mol. The third kappa shape index (κ3) is 5.52. The summed E-state index contributed by atoms with van der Waals surface area (Å²) in [6, 6.07) is 19.7. The summed E-state index contributed by atoms with van der Waals surface area (Å²) in [6.45, 7) is 2.13. The van der Waals surface area contributed by atoms with Gasteiger partial charge in [0, 0.05) is 5.92 Å². The molecule has 0 bridgehead atoms. The Labute approximate surface area is 197 Å². The molecule has 1 N–H and O–H groups in total. The topological polar surface area (TPSA) is 55.5 Å². The molecule has 1 fully saturated rings. The largest absolute Gasteiger partial charge is 1.00 e. The van der Waals surface area contributed by atoms with Crippen LogP contribution in [0.25, 0.3) is 0 Å². The summed E-state index contributed by atoms with van der Waals surface area (Å²) in [4.78, 5) is 4.56. The Hall–Kier alpha value is -2.34. The van der Waals surface area contributed by atoms with Crippen molar-refractivity contribution in [3.05, 3.63) is 84.1 Å². The maximum absolute atomic E-state index is 11.9. The Morgan fingerprint density at radius 2 is 1.66 bits per heavy atom. The number of aliphatic hydroxyl groups is 1. The van der Waals surface area contributed by atoms with Crippen molar-refractivity contribution in [2.24, 2.45) is 5.92 Å². The Kier molecular flexibility index (Phi) is 7.99. The number of halogens is 1. The van der Waals surface area contributed by atoms with E-state index in [4.69, 9.17) is 9.15 Å². The Morgan fingerprint density at radius 3 is 2.31 bits per heavy atom. The van der Waals surface area contributed by atoms with E-state index in [1.807, 2.05) is 60.7 Å². The van der Waals surface area contributed by atoms with Crippen LogP contribution in [-0.2, 0) is 12.1 Å². The molecule has 0 amide bonds. The van der Waals surface area contributed by atoms with Gasteiger partial charge in [-0.2, -0.15) is 0 Å². The first-order valence-electron chi connectivity index (χ1n) is 11.2. The van der Waals surface area contributed by atoms with Gasteiger partial charge in [-0.15, -0.1) is 0 Å². The van der Waals surface area contributed by atoms with Crippen LogP contribution < -0.4 is 17.1 Å². The van der Waals surface area contributed by atoms with E-state index < -0.39 is 5.60 Å². The van der Waals surface area contributed by atoms with Crippen molar-refractivity contribution in [1.29, 1.82) is 0 Å². The summed E-state index contributed by atoms with van der Waals surface area (Å²) in [5.41, 5.74) is -0.316. The number of quaternary nitrogens is 1. The number of nitrogens with zero attached hydrogens (tertiary/aromatic N) is 2. The van der Waals surface area contributed by atoms with Crippen molar-refractivity contribution in [2.75, 3.05) is 27.2 Å². The third-order valence-electron chi connectivity index (χ3n) is 6.33. The minimum absolute atomic E-state index is 0. The normalized spacial score (nSPS) is 16.3. The van der Waals surface area contributed by atoms with Crippen LogP contribution in [0.3, 0.4) is 0 Å². The zero-order valence-corrected chi connectivity index (χ0v) is 19.7. The van der Waals surface area contributed by atoms with E-state index in [0.29, 0.717) is 23.5 Å². The van der Waals surface area contributed by atoms with Gasteiger partial charge in [-0.1, -0.05) is 61.4 Å². The summed E-state index contributed by atoms with van der Waals surface area (Å²) < 4.78 is 12.8. The molecule has 32 heavy (non-hydrogen) atoms. The number of ether oxygens (including phenoxy) is 1. The van der Waals surface area contributed by atoms with E-state index in [9.17, 15) is 5.11 Å². The predicted octanol–water partition coefficient (Wildman–Crippen LogP) is 1.76. The molecule has 1 atom stereocenters. The maximum Gasteiger partial charge on any atom is 0.231 e. The van der Waals surface area contributed by atoms with Gasteiger partial charge in [0.15, 0.2) is 11.4 Å². The zero-order chi connectivity index (χ0) is 21.7. The molecule has 0 saturated heterocycles. The molecule has 0 radical (unpaired) electrons. The molecule has 4 rings (SSSR count). The van der Waals surface area contributed by atoms with Crippen LogP contribution in [0.4, 0.5) is 0 Å². The summed E-state index contributed by atoms with van der Waals surface area (Å²) in [5.74, 6) is 2.21. The summed E-state index contributed by atoms with van der Waals surface area (Å²) in [5, 5.41) is 11.9. The maximum atomic E-state index is 11.9. The first kappa shape index (κ1) is 24.3. The first-order valence-corrected chi connectivity index (χ1v) is 11.2. The fraction of sp³-hybridized carbons (Fsp3) is 0.423. The molecule has 1 aliphatic carbocycles. The molecule has 172 valence electrons. The van der Waals surface area contributed by atoms with Crippen molar-refractivity contribution < 1.29 is 31.2 Å². The standard InChI is InChI=1S/C26H33N2O3.ClH/c1-28(2,17-18-30-23-15-7-4-8-16-23)20-24-19-27-25(31-24)26(29,22-13-9-10-14-22)21-11-5-3-6-12-21;/h3-8,11-12,15-16,19,22,29H,9-10,13-14,17-18,20H2,1-2H3;1H/q+1;/p-1. The number of benzene rings is 2. The Balaban J connectivity index is 0.00000289. The van der Waals surface area contributed by atoms with Gasteiger partial charge in [0.1, 0.15) is 25.4 Å². The van der Waals surface area contributed by atoms with E-state index in [1.165, 1.54) is 0 Å². The van der Waals surface area contributed by atoms with Gasteiger partial charge in [0.05, 0.1) is 20.3 Å². The highest BCUT2D eigenvalue weighted by Crippen LogP contribution is 2.44. The lowest BCUT2D eigenvalue weighted by atomic mass is 9.80. The van der Waals surface area contributed by atoms with Crippen molar-refractivity contribution in [3.8, 4) is 5.75 Å². The van der Waals surface area contributed by atoms with E-state index in [2.05, 4.69) is 19.1 Å². The number of rotatable bonds is 9. The van der Waals surface area contributed by atoms with Crippen LogP contribution in [0.5, 0.6) is 5.75 Å². The molecule has 6 heteroatoms. The predicted molar refractivity (Wildman–Crippen MR) is 121 cm³/mol. The van der Waals surface area contributed by atoms with Crippen LogP contribution in [0.15, 0.2) is 71.3 Å². The van der Waals surface area contributed by atoms with Crippen LogP contribution >= 0.6 is 0 Å². The number of hydrogen-bond donors (Lipinski definition) is 1. The molecular formula is C26H33ClN2O3. The molecule has 1 saturated carbocycles. The van der Waals surface area contributed by atoms with E-state index in [-0.39, 0.29) is 18.3 Å². The van der Waals surface area contributed by atoms with Gasteiger partial charge in [-0.25, -0.2) is 4.98 Å². The fourth-order valence-electron chi connectivity index (χ4n) is 4.55. The highest BCUT2D eigenvalue weighted by molar-refractivity contribution is 5.30. The molecule has 0 spiro atoms. The van der Waals surface area contributed by atoms with Gasteiger partial charge < -0.3 is 31.2 Å². The summed E-state index contributed by atoms with van der Waals surface area (Å²) in [6.07, 6.45) is 6.02. The van der Waals surface area contributed by atoms with E-state index in [0.717, 1.165) is 49.3 Å². The van der Waals surface area contributed by atoms with E-state index >= 15 is 0 Å². The van der Waals surface area contributed by atoms with Gasteiger partial charge in [-0.3, -0.25) is 0 Å². The van der Waals surface area contributed by atoms with Crippen molar-refractivity contribution >= 4 is 0 Å². The van der Waals surface area contributed by atoms with Crippen molar-refractivity contribution in [1.82, 2.24) is 4.98 Å². The zero-order valence-electron chi connectivity index (χ0n) is 18.9. The lowest BCUT2D eigenvalue weighted by Gasteiger charge is -2.32. The molecule has 1 aromatic heterocycles. The lowest BCUT2D eigenvalue weighted by Crippen LogP contribution is -3.00. The van der Waals surface area contributed by atoms with Gasteiger partial charge in [-0.05, 0) is 30.5 Å². The highest BCUT2D eigenvalue weighted by Gasteiger charge is 2.45. The number of para-hydroxylation sites is 1. The number of oxazole rings is 1. The third-order valence-corrected chi connectivity index (χ3v) is 6.33. The van der Waals surface area contributed by atoms with Crippen LogP contribution in [0.2, 0.25) is 0 Å². The highest BCUT2D eigenvalue weighted by atomic mass is 35.5. The second kappa shape index (κ2) is 10.5. The van der Waals surface area contributed by atoms with Gasteiger partial charge >= 0.3 is 0 Å². The summed E-state index contributed by atoms with van der Waals surface area (Å²) in [7, 11) is 4.30. The number of likely N-dealkylation sites (N-methyl/N-ethyl adjacent to an activating group) is 1.